The fraction of sp³-hybridized carbons (Fsp3) is 0.385. The highest BCUT2D eigenvalue weighted by Crippen LogP contribution is 2.29. The fourth-order valence-corrected chi connectivity index (χ4v) is 3.56. The Balaban J connectivity index is 2.19. The van der Waals surface area contributed by atoms with Gasteiger partial charge < -0.3 is 9.73 Å². The van der Waals surface area contributed by atoms with Crippen molar-refractivity contribution in [2.45, 2.75) is 26.3 Å². The molecule has 92 valence electrons. The van der Waals surface area contributed by atoms with E-state index in [0.29, 0.717) is 6.04 Å². The fourth-order valence-electron chi connectivity index (χ4n) is 2.03. The molecule has 2 rings (SSSR count). The number of nitrogens with one attached hydrogen (secondary N) is 1. The van der Waals surface area contributed by atoms with Crippen molar-refractivity contribution in [2.24, 2.45) is 0 Å². The molecule has 0 spiro atoms. The SMILES string of the molecule is CNC(Cc1ccc(Br)s1)c1cc(C)oc1C. The standard InChI is InChI=1S/C13H16BrNOS/c1-8-6-11(9(2)16-8)12(15-3)7-10-4-5-13(14)17-10/h4-6,12,15H,7H2,1-3H3. The Morgan fingerprint density at radius 2 is 2.18 bits per heavy atom. The summed E-state index contributed by atoms with van der Waals surface area (Å²) in [4.78, 5) is 1.37. The predicted molar refractivity (Wildman–Crippen MR) is 75.7 cm³/mol. The second-order valence-electron chi connectivity index (χ2n) is 4.12. The van der Waals surface area contributed by atoms with Gasteiger partial charge in [0, 0.05) is 22.9 Å². The Morgan fingerprint density at radius 1 is 1.41 bits per heavy atom. The minimum absolute atomic E-state index is 0.318. The molecule has 0 radical (unpaired) electrons. The lowest BCUT2D eigenvalue weighted by Gasteiger charge is -2.14. The number of likely N-dealkylation sites (N-methyl/N-ethyl adjacent to an activating group) is 1. The van der Waals surface area contributed by atoms with Crippen molar-refractivity contribution in [3.05, 3.63) is 43.9 Å². The molecule has 1 N–H and O–H groups in total. The lowest BCUT2D eigenvalue weighted by molar-refractivity contribution is 0.490. The van der Waals surface area contributed by atoms with Crippen LogP contribution in [0.3, 0.4) is 0 Å². The largest absolute Gasteiger partial charge is 0.466 e. The Kier molecular flexibility index (Phi) is 4.07. The second-order valence-corrected chi connectivity index (χ2v) is 6.67. The van der Waals surface area contributed by atoms with Gasteiger partial charge in [-0.15, -0.1) is 11.3 Å². The maximum atomic E-state index is 5.59. The number of rotatable bonds is 4. The van der Waals surface area contributed by atoms with E-state index in [2.05, 4.69) is 39.4 Å². The second kappa shape index (κ2) is 5.38. The number of furan rings is 1. The van der Waals surface area contributed by atoms with Crippen LogP contribution in [0.5, 0.6) is 0 Å². The lowest BCUT2D eigenvalue weighted by atomic mass is 10.0. The molecule has 0 saturated heterocycles. The summed E-state index contributed by atoms with van der Waals surface area (Å²) in [5.74, 6) is 1.99. The van der Waals surface area contributed by atoms with Crippen LogP contribution in [0, 0.1) is 13.8 Å². The molecule has 1 unspecified atom stereocenters. The summed E-state index contributed by atoms with van der Waals surface area (Å²) in [5, 5.41) is 3.36. The highest BCUT2D eigenvalue weighted by atomic mass is 79.9. The zero-order valence-corrected chi connectivity index (χ0v) is 12.6. The van der Waals surface area contributed by atoms with Gasteiger partial charge in [0.15, 0.2) is 0 Å². The van der Waals surface area contributed by atoms with Crippen molar-refractivity contribution in [2.75, 3.05) is 7.05 Å². The third kappa shape index (κ3) is 3.00. The van der Waals surface area contributed by atoms with Crippen LogP contribution in [0.2, 0.25) is 0 Å². The Labute approximate surface area is 114 Å². The van der Waals surface area contributed by atoms with Crippen LogP contribution in [0.25, 0.3) is 0 Å². The van der Waals surface area contributed by atoms with E-state index in [1.165, 1.54) is 14.2 Å². The maximum absolute atomic E-state index is 5.59. The summed E-state index contributed by atoms with van der Waals surface area (Å²) in [6.07, 6.45) is 0.993. The zero-order chi connectivity index (χ0) is 12.4. The third-order valence-corrected chi connectivity index (χ3v) is 4.48. The topological polar surface area (TPSA) is 25.2 Å². The highest BCUT2D eigenvalue weighted by molar-refractivity contribution is 9.11. The highest BCUT2D eigenvalue weighted by Gasteiger charge is 2.16. The van der Waals surface area contributed by atoms with E-state index in [0.717, 1.165) is 17.9 Å². The summed E-state index contributed by atoms with van der Waals surface area (Å²) in [6, 6.07) is 6.71. The zero-order valence-electron chi connectivity index (χ0n) is 10.2. The molecule has 0 fully saturated rings. The minimum Gasteiger partial charge on any atom is -0.466 e. The normalized spacial score (nSPS) is 12.9. The third-order valence-electron chi connectivity index (χ3n) is 2.84. The molecule has 2 nitrogen and oxygen atoms in total. The van der Waals surface area contributed by atoms with E-state index in [1.807, 2.05) is 20.9 Å². The minimum atomic E-state index is 0.318. The maximum Gasteiger partial charge on any atom is 0.105 e. The van der Waals surface area contributed by atoms with Crippen LogP contribution in [-0.2, 0) is 6.42 Å². The molecule has 0 bridgehead atoms. The van der Waals surface area contributed by atoms with E-state index < -0.39 is 0 Å². The summed E-state index contributed by atoms with van der Waals surface area (Å²) in [6.45, 7) is 4.02. The van der Waals surface area contributed by atoms with Gasteiger partial charge in [0.2, 0.25) is 0 Å². The summed E-state index contributed by atoms with van der Waals surface area (Å²) >= 11 is 5.28. The van der Waals surface area contributed by atoms with Crippen molar-refractivity contribution in [3.8, 4) is 0 Å². The molecule has 0 aliphatic rings. The van der Waals surface area contributed by atoms with Crippen LogP contribution >= 0.6 is 27.3 Å². The smallest absolute Gasteiger partial charge is 0.105 e. The van der Waals surface area contributed by atoms with Crippen LogP contribution in [0.1, 0.15) is 28.0 Å². The van der Waals surface area contributed by atoms with Crippen molar-refractivity contribution in [1.29, 1.82) is 0 Å². The van der Waals surface area contributed by atoms with Gasteiger partial charge in [-0.25, -0.2) is 0 Å². The van der Waals surface area contributed by atoms with Crippen LogP contribution in [0.15, 0.2) is 26.4 Å². The van der Waals surface area contributed by atoms with Gasteiger partial charge in [-0.2, -0.15) is 0 Å². The first-order valence-corrected chi connectivity index (χ1v) is 7.19. The van der Waals surface area contributed by atoms with Gasteiger partial charge in [-0.3, -0.25) is 0 Å². The number of hydrogen-bond donors (Lipinski definition) is 1. The van der Waals surface area contributed by atoms with E-state index in [-0.39, 0.29) is 0 Å². The number of halogens is 1. The molecule has 2 aromatic rings. The Hall–Kier alpha value is -0.580. The molecule has 0 aliphatic heterocycles. The van der Waals surface area contributed by atoms with Gasteiger partial charge in [0.05, 0.1) is 3.79 Å². The molecule has 0 aromatic carbocycles. The molecule has 17 heavy (non-hydrogen) atoms. The van der Waals surface area contributed by atoms with Crippen LogP contribution in [-0.4, -0.2) is 7.05 Å². The first-order valence-electron chi connectivity index (χ1n) is 5.58. The summed E-state index contributed by atoms with van der Waals surface area (Å²) in [7, 11) is 2.00. The van der Waals surface area contributed by atoms with E-state index in [4.69, 9.17) is 4.42 Å². The van der Waals surface area contributed by atoms with Gasteiger partial charge >= 0.3 is 0 Å². The van der Waals surface area contributed by atoms with Crippen LogP contribution in [0.4, 0.5) is 0 Å². The van der Waals surface area contributed by atoms with Crippen molar-refractivity contribution in [3.63, 3.8) is 0 Å². The molecule has 0 saturated carbocycles. The molecular weight excluding hydrogens is 298 g/mol. The lowest BCUT2D eigenvalue weighted by Crippen LogP contribution is -2.18. The average molecular weight is 314 g/mol. The molecule has 1 atom stereocenters. The number of aryl methyl sites for hydroxylation is 2. The van der Waals surface area contributed by atoms with Crippen molar-refractivity contribution < 1.29 is 4.42 Å². The van der Waals surface area contributed by atoms with Crippen LogP contribution < -0.4 is 5.32 Å². The molecule has 0 aliphatic carbocycles. The molecule has 4 heteroatoms. The van der Waals surface area contributed by atoms with Crippen molar-refractivity contribution in [1.82, 2.24) is 5.32 Å². The molecular formula is C13H16BrNOS. The predicted octanol–water partition coefficient (Wildman–Crippen LogP) is 4.22. The van der Waals surface area contributed by atoms with Gasteiger partial charge in [-0.05, 0) is 55.0 Å². The van der Waals surface area contributed by atoms with Gasteiger partial charge in [-0.1, -0.05) is 0 Å². The number of hydrogen-bond acceptors (Lipinski definition) is 3. The number of thiophene rings is 1. The van der Waals surface area contributed by atoms with Gasteiger partial charge in [0.25, 0.3) is 0 Å². The monoisotopic (exact) mass is 313 g/mol. The summed E-state index contributed by atoms with van der Waals surface area (Å²) in [5.41, 5.74) is 1.26. The van der Waals surface area contributed by atoms with Gasteiger partial charge in [0.1, 0.15) is 11.5 Å². The average Bonchev–Trinajstić information content (AvgIpc) is 2.82. The molecule has 2 aromatic heterocycles. The van der Waals surface area contributed by atoms with Crippen molar-refractivity contribution >= 4 is 27.3 Å². The first-order chi connectivity index (χ1) is 8.10. The van der Waals surface area contributed by atoms with E-state index in [9.17, 15) is 0 Å². The Bertz CT molecular complexity index is 503. The quantitative estimate of drug-likeness (QED) is 0.914. The first kappa shape index (κ1) is 12.9. The van der Waals surface area contributed by atoms with E-state index in [1.54, 1.807) is 11.3 Å². The Morgan fingerprint density at radius 3 is 2.65 bits per heavy atom. The molecule has 2 heterocycles. The summed E-state index contributed by atoms with van der Waals surface area (Å²) < 4.78 is 6.78. The van der Waals surface area contributed by atoms with E-state index >= 15 is 0 Å². The molecule has 0 amide bonds.